The first-order valence-electron chi connectivity index (χ1n) is 5.47. The van der Waals surface area contributed by atoms with Gasteiger partial charge in [0.05, 0.1) is 13.7 Å². The Bertz CT molecular complexity index is 348. The molecule has 88 valence electrons. The minimum absolute atomic E-state index is 0.117. The zero-order valence-electron chi connectivity index (χ0n) is 9.44. The van der Waals surface area contributed by atoms with Gasteiger partial charge in [-0.3, -0.25) is 0 Å². The number of methoxy groups -OCH3 is 1. The topological polar surface area (TPSA) is 53.7 Å². The molecule has 1 heterocycles. The van der Waals surface area contributed by atoms with Crippen LogP contribution in [0.3, 0.4) is 0 Å². The largest absolute Gasteiger partial charge is 0.493 e. The molecule has 1 fully saturated rings. The highest BCUT2D eigenvalue weighted by atomic mass is 16.5. The number of nitrogens with two attached hydrogens (primary N) is 1. The second kappa shape index (κ2) is 5.07. The fraction of sp³-hybridized carbons (Fsp3) is 0.500. The van der Waals surface area contributed by atoms with Crippen molar-refractivity contribution in [2.75, 3.05) is 26.1 Å². The van der Waals surface area contributed by atoms with Crippen molar-refractivity contribution in [3.63, 3.8) is 0 Å². The van der Waals surface area contributed by atoms with Crippen molar-refractivity contribution in [3.8, 4) is 11.5 Å². The highest BCUT2D eigenvalue weighted by Crippen LogP contribution is 2.30. The molecule has 0 aromatic heterocycles. The Labute approximate surface area is 95.3 Å². The second-order valence-corrected chi connectivity index (χ2v) is 3.87. The standard InChI is InChI=1S/C12H17NO3/c1-14-12-7-9(13)4-5-11(12)16-10-3-2-6-15-8-10/h4-5,7,10H,2-3,6,8,13H2,1H3. The Balaban J connectivity index is 2.07. The van der Waals surface area contributed by atoms with Crippen LogP contribution in [0, 0.1) is 0 Å². The van der Waals surface area contributed by atoms with Gasteiger partial charge >= 0.3 is 0 Å². The van der Waals surface area contributed by atoms with Gasteiger partial charge in [0.1, 0.15) is 6.10 Å². The molecule has 1 saturated heterocycles. The van der Waals surface area contributed by atoms with Gasteiger partial charge in [-0.25, -0.2) is 0 Å². The fourth-order valence-corrected chi connectivity index (χ4v) is 1.77. The molecule has 0 bridgehead atoms. The lowest BCUT2D eigenvalue weighted by atomic mass is 10.2. The average Bonchev–Trinajstić information content (AvgIpc) is 2.33. The van der Waals surface area contributed by atoms with Crippen LogP contribution in [-0.4, -0.2) is 26.4 Å². The van der Waals surface area contributed by atoms with Gasteiger partial charge in [-0.1, -0.05) is 0 Å². The lowest BCUT2D eigenvalue weighted by molar-refractivity contribution is 0.00645. The van der Waals surface area contributed by atoms with Crippen LogP contribution in [0.1, 0.15) is 12.8 Å². The van der Waals surface area contributed by atoms with E-state index in [9.17, 15) is 0 Å². The Morgan fingerprint density at radius 1 is 1.38 bits per heavy atom. The number of nitrogen functional groups attached to an aromatic ring is 1. The summed E-state index contributed by atoms with van der Waals surface area (Å²) in [5, 5.41) is 0. The van der Waals surface area contributed by atoms with Crippen molar-refractivity contribution in [1.82, 2.24) is 0 Å². The number of benzene rings is 1. The van der Waals surface area contributed by atoms with Crippen molar-refractivity contribution in [3.05, 3.63) is 18.2 Å². The molecule has 1 aromatic rings. The normalized spacial score (nSPS) is 20.4. The summed E-state index contributed by atoms with van der Waals surface area (Å²) >= 11 is 0. The van der Waals surface area contributed by atoms with Crippen LogP contribution in [0.25, 0.3) is 0 Å². The molecule has 2 N–H and O–H groups in total. The SMILES string of the molecule is COc1cc(N)ccc1OC1CCCOC1. The first-order chi connectivity index (χ1) is 7.79. The quantitative estimate of drug-likeness (QED) is 0.794. The van der Waals surface area contributed by atoms with E-state index in [0.717, 1.165) is 25.2 Å². The average molecular weight is 223 g/mol. The summed E-state index contributed by atoms with van der Waals surface area (Å²) in [6.07, 6.45) is 2.18. The van der Waals surface area contributed by atoms with Crippen LogP contribution >= 0.6 is 0 Å². The van der Waals surface area contributed by atoms with E-state index in [1.54, 1.807) is 13.2 Å². The summed E-state index contributed by atoms with van der Waals surface area (Å²) in [6.45, 7) is 1.48. The molecule has 1 unspecified atom stereocenters. The van der Waals surface area contributed by atoms with Crippen LogP contribution in [0.4, 0.5) is 5.69 Å². The maximum Gasteiger partial charge on any atom is 0.162 e. The Kier molecular flexibility index (Phi) is 3.51. The summed E-state index contributed by atoms with van der Waals surface area (Å²) in [5.74, 6) is 1.40. The first-order valence-corrected chi connectivity index (χ1v) is 5.47. The molecule has 0 amide bonds. The molecule has 1 aliphatic rings. The number of hydrogen-bond donors (Lipinski definition) is 1. The minimum Gasteiger partial charge on any atom is -0.493 e. The van der Waals surface area contributed by atoms with Gasteiger partial charge in [0.2, 0.25) is 0 Å². The van der Waals surface area contributed by atoms with Crippen LogP contribution in [0.2, 0.25) is 0 Å². The van der Waals surface area contributed by atoms with E-state index in [-0.39, 0.29) is 6.10 Å². The van der Waals surface area contributed by atoms with Gasteiger partial charge in [-0.2, -0.15) is 0 Å². The van der Waals surface area contributed by atoms with Crippen LogP contribution < -0.4 is 15.2 Å². The second-order valence-electron chi connectivity index (χ2n) is 3.87. The van der Waals surface area contributed by atoms with E-state index in [2.05, 4.69) is 0 Å². The van der Waals surface area contributed by atoms with E-state index < -0.39 is 0 Å². The van der Waals surface area contributed by atoms with Crippen LogP contribution in [-0.2, 0) is 4.74 Å². The van der Waals surface area contributed by atoms with Gasteiger partial charge in [0.15, 0.2) is 11.5 Å². The molecule has 1 atom stereocenters. The van der Waals surface area contributed by atoms with Gasteiger partial charge in [0.25, 0.3) is 0 Å². The molecule has 2 rings (SSSR count). The van der Waals surface area contributed by atoms with E-state index in [1.807, 2.05) is 12.1 Å². The Morgan fingerprint density at radius 2 is 2.25 bits per heavy atom. The number of hydrogen-bond acceptors (Lipinski definition) is 4. The molecule has 4 nitrogen and oxygen atoms in total. The first kappa shape index (κ1) is 11.1. The van der Waals surface area contributed by atoms with Crippen molar-refractivity contribution >= 4 is 5.69 Å². The third-order valence-electron chi connectivity index (χ3n) is 2.60. The molecular weight excluding hydrogens is 206 g/mol. The van der Waals surface area contributed by atoms with Gasteiger partial charge in [-0.15, -0.1) is 0 Å². The van der Waals surface area contributed by atoms with E-state index >= 15 is 0 Å². The molecule has 0 spiro atoms. The summed E-state index contributed by atoms with van der Waals surface area (Å²) in [4.78, 5) is 0. The van der Waals surface area contributed by atoms with E-state index in [1.165, 1.54) is 0 Å². The molecule has 4 heteroatoms. The van der Waals surface area contributed by atoms with E-state index in [4.69, 9.17) is 19.9 Å². The molecule has 1 aliphatic heterocycles. The number of ether oxygens (including phenoxy) is 3. The summed E-state index contributed by atoms with van der Waals surface area (Å²) in [7, 11) is 1.61. The highest BCUT2D eigenvalue weighted by Gasteiger charge is 2.17. The van der Waals surface area contributed by atoms with Crippen molar-refractivity contribution in [2.45, 2.75) is 18.9 Å². The monoisotopic (exact) mass is 223 g/mol. The molecular formula is C12H17NO3. The third kappa shape index (κ3) is 2.58. The van der Waals surface area contributed by atoms with Gasteiger partial charge in [0, 0.05) is 18.4 Å². The zero-order chi connectivity index (χ0) is 11.4. The smallest absolute Gasteiger partial charge is 0.162 e. The minimum atomic E-state index is 0.117. The molecule has 0 radical (unpaired) electrons. The molecule has 16 heavy (non-hydrogen) atoms. The molecule has 0 saturated carbocycles. The lowest BCUT2D eigenvalue weighted by Crippen LogP contribution is -2.28. The molecule has 1 aromatic carbocycles. The molecule has 0 aliphatic carbocycles. The summed E-state index contributed by atoms with van der Waals surface area (Å²) in [6, 6.07) is 5.41. The van der Waals surface area contributed by atoms with Crippen molar-refractivity contribution < 1.29 is 14.2 Å². The lowest BCUT2D eigenvalue weighted by Gasteiger charge is -2.24. The number of rotatable bonds is 3. The van der Waals surface area contributed by atoms with E-state index in [0.29, 0.717) is 18.0 Å². The van der Waals surface area contributed by atoms with Crippen molar-refractivity contribution in [1.29, 1.82) is 0 Å². The zero-order valence-corrected chi connectivity index (χ0v) is 9.44. The van der Waals surface area contributed by atoms with Crippen LogP contribution in [0.5, 0.6) is 11.5 Å². The van der Waals surface area contributed by atoms with Crippen LogP contribution in [0.15, 0.2) is 18.2 Å². The maximum absolute atomic E-state index is 5.83. The number of anilines is 1. The third-order valence-corrected chi connectivity index (χ3v) is 2.60. The Morgan fingerprint density at radius 3 is 2.94 bits per heavy atom. The van der Waals surface area contributed by atoms with Crippen molar-refractivity contribution in [2.24, 2.45) is 0 Å². The van der Waals surface area contributed by atoms with Gasteiger partial charge < -0.3 is 19.9 Å². The predicted octanol–water partition coefficient (Wildman–Crippen LogP) is 1.84. The highest BCUT2D eigenvalue weighted by molar-refractivity contribution is 5.51. The maximum atomic E-state index is 5.83. The Hall–Kier alpha value is -1.42. The van der Waals surface area contributed by atoms with Gasteiger partial charge in [-0.05, 0) is 25.0 Å². The summed E-state index contributed by atoms with van der Waals surface area (Å²) in [5.41, 5.74) is 6.35. The predicted molar refractivity (Wildman–Crippen MR) is 61.9 cm³/mol. The fourth-order valence-electron chi connectivity index (χ4n) is 1.77. The summed E-state index contributed by atoms with van der Waals surface area (Å²) < 4.78 is 16.4.